The third kappa shape index (κ3) is 3.01. The van der Waals surface area contributed by atoms with Gasteiger partial charge in [0.25, 0.3) is 0 Å². The monoisotopic (exact) mass is 190 g/mol. The van der Waals surface area contributed by atoms with Gasteiger partial charge >= 0.3 is 0 Å². The first-order valence-electron chi connectivity index (χ1n) is 4.48. The SMILES string of the molecule is Cc1ccc(C=CCC(N)=O)c(C)n1. The van der Waals surface area contributed by atoms with Crippen LogP contribution >= 0.6 is 0 Å². The van der Waals surface area contributed by atoms with Crippen LogP contribution < -0.4 is 5.73 Å². The summed E-state index contributed by atoms with van der Waals surface area (Å²) in [5, 5.41) is 0. The normalized spacial score (nSPS) is 10.7. The van der Waals surface area contributed by atoms with Gasteiger partial charge in [-0.15, -0.1) is 0 Å². The van der Waals surface area contributed by atoms with E-state index in [1.165, 1.54) is 0 Å². The van der Waals surface area contributed by atoms with E-state index in [4.69, 9.17) is 5.73 Å². The second kappa shape index (κ2) is 4.56. The van der Waals surface area contributed by atoms with Crippen LogP contribution in [0.25, 0.3) is 6.08 Å². The van der Waals surface area contributed by atoms with E-state index < -0.39 is 0 Å². The van der Waals surface area contributed by atoms with Gasteiger partial charge in [-0.25, -0.2) is 0 Å². The number of hydrogen-bond donors (Lipinski definition) is 1. The Morgan fingerprint density at radius 1 is 1.50 bits per heavy atom. The van der Waals surface area contributed by atoms with E-state index in [2.05, 4.69) is 4.98 Å². The fourth-order valence-corrected chi connectivity index (χ4v) is 1.18. The molecule has 0 saturated carbocycles. The van der Waals surface area contributed by atoms with Crippen molar-refractivity contribution in [2.75, 3.05) is 0 Å². The lowest BCUT2D eigenvalue weighted by Gasteiger charge is -1.99. The molecule has 0 spiro atoms. The van der Waals surface area contributed by atoms with Crippen LogP contribution in [0.4, 0.5) is 0 Å². The molecule has 1 aromatic heterocycles. The van der Waals surface area contributed by atoms with Gasteiger partial charge in [0, 0.05) is 17.8 Å². The van der Waals surface area contributed by atoms with Gasteiger partial charge < -0.3 is 5.73 Å². The second-order valence-corrected chi connectivity index (χ2v) is 3.20. The van der Waals surface area contributed by atoms with Crippen molar-refractivity contribution in [2.45, 2.75) is 20.3 Å². The number of nitrogens with two attached hydrogens (primary N) is 1. The number of hydrogen-bond acceptors (Lipinski definition) is 2. The molecular weight excluding hydrogens is 176 g/mol. The van der Waals surface area contributed by atoms with Crippen LogP contribution in [0.15, 0.2) is 18.2 Å². The van der Waals surface area contributed by atoms with Crippen molar-refractivity contribution in [3.63, 3.8) is 0 Å². The third-order valence-electron chi connectivity index (χ3n) is 1.88. The molecular formula is C11H14N2O. The first-order valence-corrected chi connectivity index (χ1v) is 4.48. The van der Waals surface area contributed by atoms with Crippen LogP contribution in [0.3, 0.4) is 0 Å². The number of carbonyl (C=O) groups excluding carboxylic acids is 1. The number of pyridine rings is 1. The van der Waals surface area contributed by atoms with Crippen LogP contribution in [0.1, 0.15) is 23.4 Å². The van der Waals surface area contributed by atoms with Gasteiger partial charge in [0.2, 0.25) is 5.91 Å². The Kier molecular flexibility index (Phi) is 3.40. The lowest BCUT2D eigenvalue weighted by atomic mass is 10.1. The maximum atomic E-state index is 10.5. The van der Waals surface area contributed by atoms with Crippen molar-refractivity contribution in [1.29, 1.82) is 0 Å². The average molecular weight is 190 g/mol. The number of nitrogens with zero attached hydrogens (tertiary/aromatic N) is 1. The van der Waals surface area contributed by atoms with Crippen LogP contribution in [0.5, 0.6) is 0 Å². The molecule has 0 aliphatic carbocycles. The largest absolute Gasteiger partial charge is 0.369 e. The molecule has 0 aliphatic heterocycles. The van der Waals surface area contributed by atoms with E-state index in [1.807, 2.05) is 32.1 Å². The minimum Gasteiger partial charge on any atom is -0.369 e. The molecule has 1 rings (SSSR count). The number of primary amides is 1. The quantitative estimate of drug-likeness (QED) is 0.786. The van der Waals surface area contributed by atoms with Gasteiger partial charge in [-0.1, -0.05) is 18.2 Å². The van der Waals surface area contributed by atoms with E-state index in [9.17, 15) is 4.79 Å². The summed E-state index contributed by atoms with van der Waals surface area (Å²) in [6.45, 7) is 3.89. The smallest absolute Gasteiger partial charge is 0.221 e. The van der Waals surface area contributed by atoms with Gasteiger partial charge in [0.1, 0.15) is 0 Å². The van der Waals surface area contributed by atoms with Gasteiger partial charge in [-0.05, 0) is 25.5 Å². The summed E-state index contributed by atoms with van der Waals surface area (Å²) in [5.74, 6) is -0.320. The summed E-state index contributed by atoms with van der Waals surface area (Å²) >= 11 is 0. The van der Waals surface area contributed by atoms with Crippen molar-refractivity contribution in [3.8, 4) is 0 Å². The van der Waals surface area contributed by atoms with E-state index in [0.29, 0.717) is 0 Å². The standard InChI is InChI=1S/C11H14N2O/c1-8-6-7-10(9(2)13-8)4-3-5-11(12)14/h3-4,6-7H,5H2,1-2H3,(H2,12,14). The molecule has 0 saturated heterocycles. The zero-order chi connectivity index (χ0) is 10.6. The van der Waals surface area contributed by atoms with E-state index in [1.54, 1.807) is 6.08 Å². The fraction of sp³-hybridized carbons (Fsp3) is 0.273. The van der Waals surface area contributed by atoms with E-state index in [0.717, 1.165) is 17.0 Å². The first-order chi connectivity index (χ1) is 6.59. The van der Waals surface area contributed by atoms with Crippen molar-refractivity contribution >= 4 is 12.0 Å². The highest BCUT2D eigenvalue weighted by molar-refractivity contribution is 5.76. The maximum Gasteiger partial charge on any atom is 0.221 e. The molecule has 3 heteroatoms. The minimum absolute atomic E-state index is 0.271. The Morgan fingerprint density at radius 2 is 2.21 bits per heavy atom. The molecule has 0 unspecified atom stereocenters. The summed E-state index contributed by atoms with van der Waals surface area (Å²) in [6.07, 6.45) is 3.89. The highest BCUT2D eigenvalue weighted by atomic mass is 16.1. The van der Waals surface area contributed by atoms with Gasteiger partial charge in [-0.3, -0.25) is 9.78 Å². The average Bonchev–Trinajstić information content (AvgIpc) is 2.08. The van der Waals surface area contributed by atoms with Crippen molar-refractivity contribution < 1.29 is 4.79 Å². The Bertz CT molecular complexity index is 370. The molecule has 1 heterocycles. The Balaban J connectivity index is 2.76. The van der Waals surface area contributed by atoms with Crippen molar-refractivity contribution in [3.05, 3.63) is 35.2 Å². The van der Waals surface area contributed by atoms with Gasteiger partial charge in [-0.2, -0.15) is 0 Å². The summed E-state index contributed by atoms with van der Waals surface area (Å²) in [6, 6.07) is 3.92. The highest BCUT2D eigenvalue weighted by Crippen LogP contribution is 2.08. The number of amides is 1. The summed E-state index contributed by atoms with van der Waals surface area (Å²) in [7, 11) is 0. The minimum atomic E-state index is -0.320. The fourth-order valence-electron chi connectivity index (χ4n) is 1.18. The molecule has 14 heavy (non-hydrogen) atoms. The van der Waals surface area contributed by atoms with Crippen LogP contribution in [-0.4, -0.2) is 10.9 Å². The lowest BCUT2D eigenvalue weighted by molar-refractivity contribution is -0.117. The second-order valence-electron chi connectivity index (χ2n) is 3.20. The zero-order valence-corrected chi connectivity index (χ0v) is 8.45. The van der Waals surface area contributed by atoms with Crippen LogP contribution in [0, 0.1) is 13.8 Å². The number of rotatable bonds is 3. The molecule has 0 bridgehead atoms. The maximum absolute atomic E-state index is 10.5. The Labute approximate surface area is 83.7 Å². The number of aryl methyl sites for hydroxylation is 2. The third-order valence-corrected chi connectivity index (χ3v) is 1.88. The van der Waals surface area contributed by atoms with Gasteiger partial charge in [0.05, 0.1) is 0 Å². The first kappa shape index (κ1) is 10.4. The van der Waals surface area contributed by atoms with Crippen molar-refractivity contribution in [2.24, 2.45) is 5.73 Å². The lowest BCUT2D eigenvalue weighted by Crippen LogP contribution is -2.07. The summed E-state index contributed by atoms with van der Waals surface area (Å²) in [5.41, 5.74) is 8.00. The molecule has 0 atom stereocenters. The van der Waals surface area contributed by atoms with Crippen LogP contribution in [0.2, 0.25) is 0 Å². The predicted octanol–water partition coefficient (Wildman–Crippen LogP) is 1.59. The molecule has 1 amide bonds. The topological polar surface area (TPSA) is 56.0 Å². The molecule has 0 radical (unpaired) electrons. The molecule has 74 valence electrons. The number of aromatic nitrogens is 1. The molecule has 0 aromatic carbocycles. The van der Waals surface area contributed by atoms with E-state index >= 15 is 0 Å². The summed E-state index contributed by atoms with van der Waals surface area (Å²) in [4.78, 5) is 14.8. The van der Waals surface area contributed by atoms with Gasteiger partial charge in [0.15, 0.2) is 0 Å². The van der Waals surface area contributed by atoms with E-state index in [-0.39, 0.29) is 12.3 Å². The molecule has 3 nitrogen and oxygen atoms in total. The highest BCUT2D eigenvalue weighted by Gasteiger charge is 1.95. The zero-order valence-electron chi connectivity index (χ0n) is 8.45. The summed E-state index contributed by atoms with van der Waals surface area (Å²) < 4.78 is 0. The Morgan fingerprint density at radius 3 is 2.79 bits per heavy atom. The molecule has 1 aromatic rings. The van der Waals surface area contributed by atoms with Crippen LogP contribution in [-0.2, 0) is 4.79 Å². The van der Waals surface area contributed by atoms with Crippen molar-refractivity contribution in [1.82, 2.24) is 4.98 Å². The predicted molar refractivity (Wildman–Crippen MR) is 56.6 cm³/mol. The molecule has 2 N–H and O–H groups in total. The molecule has 0 fully saturated rings. The molecule has 0 aliphatic rings. The number of carbonyl (C=O) groups is 1. The Hall–Kier alpha value is -1.64.